The number of anilines is 1. The molecule has 1 aliphatic carbocycles. The molecule has 0 bridgehead atoms. The third kappa shape index (κ3) is 3.49. The summed E-state index contributed by atoms with van der Waals surface area (Å²) in [5, 5.41) is 3.05. The van der Waals surface area contributed by atoms with Crippen molar-refractivity contribution in [1.29, 1.82) is 0 Å². The maximum Gasteiger partial charge on any atom is 0.214 e. The molecular formula is C20H21N5O. The number of rotatable bonds is 5. The molecule has 0 radical (unpaired) electrons. The Morgan fingerprint density at radius 1 is 1.12 bits per heavy atom. The van der Waals surface area contributed by atoms with Gasteiger partial charge in [0.05, 0.1) is 23.8 Å². The highest BCUT2D eigenvalue weighted by Gasteiger charge is 2.19. The van der Waals surface area contributed by atoms with E-state index < -0.39 is 0 Å². The normalized spacial score (nSPS) is 13.1. The number of ether oxygens (including phenoxy) is 1. The Morgan fingerprint density at radius 2 is 2.04 bits per heavy atom. The van der Waals surface area contributed by atoms with Crippen LogP contribution in [0.15, 0.2) is 42.9 Å². The average Bonchev–Trinajstić information content (AvgIpc) is 2.72. The van der Waals surface area contributed by atoms with Gasteiger partial charge in [-0.15, -0.1) is 0 Å². The highest BCUT2D eigenvalue weighted by atomic mass is 16.5. The van der Waals surface area contributed by atoms with Crippen molar-refractivity contribution in [3.05, 3.63) is 59.8 Å². The predicted molar refractivity (Wildman–Crippen MR) is 100 cm³/mol. The quantitative estimate of drug-likeness (QED) is 0.762. The van der Waals surface area contributed by atoms with E-state index in [1.54, 1.807) is 18.6 Å². The monoisotopic (exact) mass is 347 g/mol. The summed E-state index contributed by atoms with van der Waals surface area (Å²) in [4.78, 5) is 18.0. The first kappa shape index (κ1) is 16.4. The topological polar surface area (TPSA) is 72.8 Å². The summed E-state index contributed by atoms with van der Waals surface area (Å²) in [7, 11) is 1.84. The van der Waals surface area contributed by atoms with Gasteiger partial charge < -0.3 is 10.1 Å². The van der Waals surface area contributed by atoms with E-state index in [0.717, 1.165) is 47.7 Å². The first-order valence-corrected chi connectivity index (χ1v) is 8.89. The number of aryl methyl sites for hydroxylation is 1. The van der Waals surface area contributed by atoms with Gasteiger partial charge in [0.1, 0.15) is 12.4 Å². The standard InChI is InChI=1S/C20H21N5O/c1-21-19-12-22-11-18(24-19)16-10-20(25-17-8-3-2-7-15(16)17)26-13-14-6-4-5-9-23-14/h4-6,9-12H,2-3,7-8,13H2,1H3,(H,21,24). The lowest BCUT2D eigenvalue weighted by atomic mass is 9.91. The molecule has 1 N–H and O–H groups in total. The largest absolute Gasteiger partial charge is 0.471 e. The summed E-state index contributed by atoms with van der Waals surface area (Å²) in [5.74, 6) is 1.36. The van der Waals surface area contributed by atoms with Crippen LogP contribution in [0.3, 0.4) is 0 Å². The molecule has 0 unspecified atom stereocenters. The Bertz CT molecular complexity index is 898. The van der Waals surface area contributed by atoms with Crippen LogP contribution in [-0.4, -0.2) is 27.0 Å². The van der Waals surface area contributed by atoms with Crippen molar-refractivity contribution in [3.8, 4) is 17.1 Å². The van der Waals surface area contributed by atoms with E-state index in [1.807, 2.05) is 31.3 Å². The van der Waals surface area contributed by atoms with Crippen LogP contribution in [0, 0.1) is 0 Å². The molecule has 4 rings (SSSR count). The first-order chi connectivity index (χ1) is 12.8. The Hall–Kier alpha value is -3.02. The fourth-order valence-corrected chi connectivity index (χ4v) is 3.23. The third-order valence-electron chi connectivity index (χ3n) is 4.54. The molecule has 6 heteroatoms. The molecule has 0 saturated heterocycles. The van der Waals surface area contributed by atoms with Gasteiger partial charge in [0.15, 0.2) is 0 Å². The zero-order chi connectivity index (χ0) is 17.8. The molecule has 6 nitrogen and oxygen atoms in total. The summed E-state index contributed by atoms with van der Waals surface area (Å²) in [6.45, 7) is 0.397. The van der Waals surface area contributed by atoms with E-state index in [0.29, 0.717) is 12.5 Å². The van der Waals surface area contributed by atoms with Crippen molar-refractivity contribution in [2.24, 2.45) is 0 Å². The molecule has 3 aromatic rings. The number of fused-ring (bicyclic) bond motifs is 1. The van der Waals surface area contributed by atoms with E-state index in [-0.39, 0.29) is 0 Å². The van der Waals surface area contributed by atoms with Crippen molar-refractivity contribution >= 4 is 5.82 Å². The number of pyridine rings is 2. The molecule has 0 atom stereocenters. The SMILES string of the molecule is CNc1cncc(-c2cc(OCc3ccccn3)nc3c2CCCC3)n1. The minimum atomic E-state index is 0.397. The Kier molecular flexibility index (Phi) is 4.73. The van der Waals surface area contributed by atoms with Gasteiger partial charge in [-0.25, -0.2) is 9.97 Å². The third-order valence-corrected chi connectivity index (χ3v) is 4.54. The van der Waals surface area contributed by atoms with Crippen LogP contribution >= 0.6 is 0 Å². The van der Waals surface area contributed by atoms with Gasteiger partial charge in [-0.05, 0) is 43.4 Å². The highest BCUT2D eigenvalue weighted by molar-refractivity contribution is 5.67. The molecule has 0 saturated carbocycles. The smallest absolute Gasteiger partial charge is 0.214 e. The van der Waals surface area contributed by atoms with Crippen LogP contribution in [0.5, 0.6) is 5.88 Å². The minimum Gasteiger partial charge on any atom is -0.471 e. The molecule has 0 aliphatic heterocycles. The maximum atomic E-state index is 5.94. The molecular weight excluding hydrogens is 326 g/mol. The van der Waals surface area contributed by atoms with Gasteiger partial charge in [0.2, 0.25) is 5.88 Å². The number of aromatic nitrogens is 4. The number of hydrogen-bond donors (Lipinski definition) is 1. The zero-order valence-corrected chi connectivity index (χ0v) is 14.8. The zero-order valence-electron chi connectivity index (χ0n) is 14.8. The van der Waals surface area contributed by atoms with E-state index in [4.69, 9.17) is 9.72 Å². The predicted octanol–water partition coefficient (Wildman–Crippen LogP) is 3.43. The number of hydrogen-bond acceptors (Lipinski definition) is 6. The molecule has 0 fully saturated rings. The second-order valence-corrected chi connectivity index (χ2v) is 6.29. The lowest BCUT2D eigenvalue weighted by Crippen LogP contribution is -2.10. The van der Waals surface area contributed by atoms with Gasteiger partial charge in [0.25, 0.3) is 0 Å². The van der Waals surface area contributed by atoms with Gasteiger partial charge in [0, 0.05) is 30.6 Å². The van der Waals surface area contributed by atoms with E-state index in [1.165, 1.54) is 12.0 Å². The second kappa shape index (κ2) is 7.47. The summed E-state index contributed by atoms with van der Waals surface area (Å²) in [6, 6.07) is 7.78. The number of nitrogens with one attached hydrogen (secondary N) is 1. The fourth-order valence-electron chi connectivity index (χ4n) is 3.23. The lowest BCUT2D eigenvalue weighted by molar-refractivity contribution is 0.288. The molecule has 3 aromatic heterocycles. The van der Waals surface area contributed by atoms with Gasteiger partial charge in [-0.1, -0.05) is 6.07 Å². The molecule has 0 spiro atoms. The molecule has 0 amide bonds. The second-order valence-electron chi connectivity index (χ2n) is 6.29. The minimum absolute atomic E-state index is 0.397. The van der Waals surface area contributed by atoms with E-state index >= 15 is 0 Å². The van der Waals surface area contributed by atoms with E-state index in [9.17, 15) is 0 Å². The van der Waals surface area contributed by atoms with Crippen molar-refractivity contribution < 1.29 is 4.74 Å². The Balaban J connectivity index is 1.69. The van der Waals surface area contributed by atoms with Crippen molar-refractivity contribution in [2.75, 3.05) is 12.4 Å². The summed E-state index contributed by atoms with van der Waals surface area (Å²) in [6.07, 6.45) is 9.61. The molecule has 132 valence electrons. The fraction of sp³-hybridized carbons (Fsp3) is 0.300. The van der Waals surface area contributed by atoms with Gasteiger partial charge in [-0.3, -0.25) is 9.97 Å². The van der Waals surface area contributed by atoms with Crippen LogP contribution in [0.1, 0.15) is 29.8 Å². The van der Waals surface area contributed by atoms with Crippen LogP contribution < -0.4 is 10.1 Å². The molecule has 1 aliphatic rings. The summed E-state index contributed by atoms with van der Waals surface area (Å²) >= 11 is 0. The van der Waals surface area contributed by atoms with Crippen LogP contribution in [0.2, 0.25) is 0 Å². The molecule has 0 aromatic carbocycles. The summed E-state index contributed by atoms with van der Waals surface area (Å²) in [5.41, 5.74) is 5.17. The first-order valence-electron chi connectivity index (χ1n) is 8.89. The molecule has 26 heavy (non-hydrogen) atoms. The molecule has 3 heterocycles. The summed E-state index contributed by atoms with van der Waals surface area (Å²) < 4.78 is 5.94. The van der Waals surface area contributed by atoms with Crippen LogP contribution in [0.4, 0.5) is 5.82 Å². The van der Waals surface area contributed by atoms with Crippen LogP contribution in [-0.2, 0) is 19.4 Å². The Morgan fingerprint density at radius 3 is 2.88 bits per heavy atom. The highest BCUT2D eigenvalue weighted by Crippen LogP contribution is 2.32. The van der Waals surface area contributed by atoms with Crippen molar-refractivity contribution in [2.45, 2.75) is 32.3 Å². The van der Waals surface area contributed by atoms with Gasteiger partial charge in [-0.2, -0.15) is 0 Å². The van der Waals surface area contributed by atoms with Crippen molar-refractivity contribution in [1.82, 2.24) is 19.9 Å². The van der Waals surface area contributed by atoms with Gasteiger partial charge >= 0.3 is 0 Å². The average molecular weight is 347 g/mol. The van der Waals surface area contributed by atoms with Crippen molar-refractivity contribution in [3.63, 3.8) is 0 Å². The Labute approximate surface area is 152 Å². The lowest BCUT2D eigenvalue weighted by Gasteiger charge is -2.20. The number of nitrogens with zero attached hydrogens (tertiary/aromatic N) is 4. The van der Waals surface area contributed by atoms with Crippen LogP contribution in [0.25, 0.3) is 11.3 Å². The maximum absolute atomic E-state index is 5.94. The van der Waals surface area contributed by atoms with E-state index in [2.05, 4.69) is 20.3 Å².